The van der Waals surface area contributed by atoms with E-state index in [0.29, 0.717) is 0 Å². The summed E-state index contributed by atoms with van der Waals surface area (Å²) in [5, 5.41) is 4.28. The molecule has 2 aliphatic rings. The Labute approximate surface area is 126 Å². The quantitative estimate of drug-likeness (QED) is 0.917. The molecule has 2 saturated heterocycles. The van der Waals surface area contributed by atoms with Crippen molar-refractivity contribution in [3.8, 4) is 0 Å². The summed E-state index contributed by atoms with van der Waals surface area (Å²) in [4.78, 5) is 5.18. The van der Waals surface area contributed by atoms with Gasteiger partial charge in [0.25, 0.3) is 0 Å². The molecule has 0 aromatic heterocycles. The molecule has 20 heavy (non-hydrogen) atoms. The van der Waals surface area contributed by atoms with Crippen molar-refractivity contribution >= 4 is 11.6 Å². The van der Waals surface area contributed by atoms with Crippen molar-refractivity contribution in [1.82, 2.24) is 15.1 Å². The lowest BCUT2D eigenvalue weighted by molar-refractivity contribution is 0.115. The van der Waals surface area contributed by atoms with Gasteiger partial charge < -0.3 is 10.2 Å². The van der Waals surface area contributed by atoms with E-state index in [0.717, 1.165) is 17.5 Å². The van der Waals surface area contributed by atoms with Crippen LogP contribution in [0.1, 0.15) is 12.0 Å². The van der Waals surface area contributed by atoms with Gasteiger partial charge in [-0.2, -0.15) is 0 Å². The number of nitrogens with zero attached hydrogens (tertiary/aromatic N) is 2. The van der Waals surface area contributed by atoms with Gasteiger partial charge in [0.15, 0.2) is 0 Å². The predicted molar refractivity (Wildman–Crippen MR) is 84.1 cm³/mol. The molecule has 1 unspecified atom stereocenters. The number of hydrogen-bond donors (Lipinski definition) is 1. The van der Waals surface area contributed by atoms with Crippen LogP contribution in [0, 0.1) is 5.92 Å². The fourth-order valence-electron chi connectivity index (χ4n) is 3.21. The van der Waals surface area contributed by atoms with Crippen molar-refractivity contribution in [3.05, 3.63) is 34.9 Å². The molecule has 2 aliphatic heterocycles. The van der Waals surface area contributed by atoms with E-state index in [1.54, 1.807) is 0 Å². The molecule has 0 bridgehead atoms. The van der Waals surface area contributed by atoms with Gasteiger partial charge in [-0.05, 0) is 43.1 Å². The molecule has 0 saturated carbocycles. The van der Waals surface area contributed by atoms with Crippen LogP contribution < -0.4 is 5.32 Å². The van der Waals surface area contributed by atoms with E-state index in [4.69, 9.17) is 11.6 Å². The molecule has 1 N–H and O–H groups in total. The number of halogens is 1. The zero-order valence-corrected chi connectivity index (χ0v) is 12.8. The molecule has 1 aromatic rings. The van der Waals surface area contributed by atoms with E-state index in [1.807, 2.05) is 12.1 Å². The molecule has 4 heteroatoms. The third kappa shape index (κ3) is 3.95. The number of benzene rings is 1. The highest BCUT2D eigenvalue weighted by Gasteiger charge is 2.21. The molecule has 110 valence electrons. The summed E-state index contributed by atoms with van der Waals surface area (Å²) in [5.41, 5.74) is 1.36. The Bertz CT molecular complexity index is 406. The first-order valence-electron chi connectivity index (χ1n) is 7.69. The molecular weight excluding hydrogens is 270 g/mol. The molecule has 2 fully saturated rings. The molecule has 2 heterocycles. The topological polar surface area (TPSA) is 18.5 Å². The molecule has 0 amide bonds. The Morgan fingerprint density at radius 3 is 2.40 bits per heavy atom. The van der Waals surface area contributed by atoms with Crippen LogP contribution in [0.2, 0.25) is 5.02 Å². The second kappa shape index (κ2) is 6.90. The van der Waals surface area contributed by atoms with E-state index in [-0.39, 0.29) is 0 Å². The molecule has 0 radical (unpaired) electrons. The molecule has 0 spiro atoms. The largest absolute Gasteiger partial charge is 0.316 e. The highest BCUT2D eigenvalue weighted by atomic mass is 35.5. The van der Waals surface area contributed by atoms with Gasteiger partial charge >= 0.3 is 0 Å². The third-order valence-corrected chi connectivity index (χ3v) is 4.72. The minimum absolute atomic E-state index is 0.823. The van der Waals surface area contributed by atoms with Crippen molar-refractivity contribution in [2.24, 2.45) is 5.92 Å². The fourth-order valence-corrected chi connectivity index (χ4v) is 3.34. The standard InChI is InChI=1S/C16H24ClN3/c17-16-3-1-14(2-4-16)12-19-7-9-20(10-8-19)13-15-5-6-18-11-15/h1-4,15,18H,5-13H2. The minimum atomic E-state index is 0.823. The summed E-state index contributed by atoms with van der Waals surface area (Å²) < 4.78 is 0. The van der Waals surface area contributed by atoms with Crippen molar-refractivity contribution in [2.45, 2.75) is 13.0 Å². The van der Waals surface area contributed by atoms with E-state index >= 15 is 0 Å². The van der Waals surface area contributed by atoms with Gasteiger partial charge in [-0.1, -0.05) is 23.7 Å². The monoisotopic (exact) mass is 293 g/mol. The summed E-state index contributed by atoms with van der Waals surface area (Å²) in [7, 11) is 0. The van der Waals surface area contributed by atoms with Gasteiger partial charge in [-0.25, -0.2) is 0 Å². The smallest absolute Gasteiger partial charge is 0.0406 e. The van der Waals surface area contributed by atoms with E-state index in [2.05, 4.69) is 27.2 Å². The maximum absolute atomic E-state index is 5.93. The molecule has 1 atom stereocenters. The lowest BCUT2D eigenvalue weighted by atomic mass is 10.1. The first kappa shape index (κ1) is 14.3. The lowest BCUT2D eigenvalue weighted by Crippen LogP contribution is -2.47. The highest BCUT2D eigenvalue weighted by Crippen LogP contribution is 2.15. The zero-order chi connectivity index (χ0) is 13.8. The third-order valence-electron chi connectivity index (χ3n) is 4.46. The van der Waals surface area contributed by atoms with Crippen LogP contribution in [-0.2, 0) is 6.54 Å². The number of piperazine rings is 1. The second-order valence-electron chi connectivity index (χ2n) is 6.06. The van der Waals surface area contributed by atoms with Crippen molar-refractivity contribution in [1.29, 1.82) is 0 Å². The molecule has 3 nitrogen and oxygen atoms in total. The van der Waals surface area contributed by atoms with Gasteiger partial charge in [0.2, 0.25) is 0 Å². The number of nitrogens with one attached hydrogen (secondary N) is 1. The summed E-state index contributed by atoms with van der Waals surface area (Å²) in [6.07, 6.45) is 1.35. The SMILES string of the molecule is Clc1ccc(CN2CCN(CC3CCNC3)CC2)cc1. The average Bonchev–Trinajstić information content (AvgIpc) is 2.96. The fraction of sp³-hybridized carbons (Fsp3) is 0.625. The molecule has 3 rings (SSSR count). The number of hydrogen-bond acceptors (Lipinski definition) is 3. The molecule has 0 aliphatic carbocycles. The van der Waals surface area contributed by atoms with Crippen LogP contribution >= 0.6 is 11.6 Å². The van der Waals surface area contributed by atoms with Gasteiger partial charge in [-0.3, -0.25) is 4.90 Å². The van der Waals surface area contributed by atoms with Crippen LogP contribution in [0.5, 0.6) is 0 Å². The van der Waals surface area contributed by atoms with Gasteiger partial charge in [0.1, 0.15) is 0 Å². The summed E-state index contributed by atoms with van der Waals surface area (Å²) in [5.74, 6) is 0.873. The Morgan fingerprint density at radius 1 is 1.05 bits per heavy atom. The first-order valence-corrected chi connectivity index (χ1v) is 8.07. The van der Waals surface area contributed by atoms with Gasteiger partial charge in [-0.15, -0.1) is 0 Å². The zero-order valence-electron chi connectivity index (χ0n) is 12.0. The predicted octanol–water partition coefficient (Wildman–Crippen LogP) is 2.07. The van der Waals surface area contributed by atoms with Crippen LogP contribution in [-0.4, -0.2) is 55.6 Å². The highest BCUT2D eigenvalue weighted by molar-refractivity contribution is 6.30. The summed E-state index contributed by atoms with van der Waals surface area (Å²) in [6, 6.07) is 8.25. The summed E-state index contributed by atoms with van der Waals surface area (Å²) in [6.45, 7) is 9.55. The van der Waals surface area contributed by atoms with E-state index < -0.39 is 0 Å². The average molecular weight is 294 g/mol. The van der Waals surface area contributed by atoms with Crippen LogP contribution in [0.25, 0.3) is 0 Å². The minimum Gasteiger partial charge on any atom is -0.316 e. The Hall–Kier alpha value is -0.610. The van der Waals surface area contributed by atoms with E-state index in [9.17, 15) is 0 Å². The normalized spacial score (nSPS) is 25.1. The Balaban J connectivity index is 1.42. The summed E-state index contributed by atoms with van der Waals surface area (Å²) >= 11 is 5.93. The molecule has 1 aromatic carbocycles. The Morgan fingerprint density at radius 2 is 1.75 bits per heavy atom. The van der Waals surface area contributed by atoms with Crippen molar-refractivity contribution < 1.29 is 0 Å². The van der Waals surface area contributed by atoms with Crippen LogP contribution in [0.3, 0.4) is 0 Å². The lowest BCUT2D eigenvalue weighted by Gasteiger charge is -2.35. The molecular formula is C16H24ClN3. The van der Waals surface area contributed by atoms with Crippen molar-refractivity contribution in [3.63, 3.8) is 0 Å². The second-order valence-corrected chi connectivity index (χ2v) is 6.50. The van der Waals surface area contributed by atoms with Crippen LogP contribution in [0.15, 0.2) is 24.3 Å². The first-order chi connectivity index (χ1) is 9.79. The maximum Gasteiger partial charge on any atom is 0.0406 e. The van der Waals surface area contributed by atoms with Crippen LogP contribution in [0.4, 0.5) is 0 Å². The Kier molecular flexibility index (Phi) is 4.94. The van der Waals surface area contributed by atoms with Crippen molar-refractivity contribution in [2.75, 3.05) is 45.8 Å². The maximum atomic E-state index is 5.93. The van der Waals surface area contributed by atoms with E-state index in [1.165, 1.54) is 57.8 Å². The van der Waals surface area contributed by atoms with Gasteiger partial charge in [0.05, 0.1) is 0 Å². The van der Waals surface area contributed by atoms with Gasteiger partial charge in [0, 0.05) is 44.3 Å². The number of rotatable bonds is 4.